The van der Waals surface area contributed by atoms with Crippen LogP contribution in [0.4, 0.5) is 0 Å². The van der Waals surface area contributed by atoms with Gasteiger partial charge in [-0.1, -0.05) is 26.8 Å². The first kappa shape index (κ1) is 15.8. The quantitative estimate of drug-likeness (QED) is 0.578. The maximum atomic E-state index is 9.84. The Kier molecular flexibility index (Phi) is 5.90. The highest BCUT2D eigenvalue weighted by molar-refractivity contribution is 6.74. The minimum atomic E-state index is -1.87. The van der Waals surface area contributed by atoms with Crippen LogP contribution in [0.1, 0.15) is 20.8 Å². The molecule has 0 unspecified atom stereocenters. The number of hydrogen-bond donors (Lipinski definition) is 1. The van der Waals surface area contributed by atoms with Gasteiger partial charge in [-0.05, 0) is 18.1 Å². The fraction of sp³-hybridized carbons (Fsp3) is 0.833. The van der Waals surface area contributed by atoms with E-state index in [4.69, 9.17) is 9.16 Å². The van der Waals surface area contributed by atoms with E-state index < -0.39 is 14.4 Å². The van der Waals surface area contributed by atoms with Gasteiger partial charge in [0.25, 0.3) is 0 Å². The van der Waals surface area contributed by atoms with Gasteiger partial charge in [0, 0.05) is 7.11 Å². The minimum Gasteiger partial charge on any atom is -0.408 e. The Balaban J connectivity index is 4.60. The van der Waals surface area contributed by atoms with Crippen LogP contribution in [0.15, 0.2) is 12.7 Å². The Morgan fingerprint density at radius 2 is 1.88 bits per heavy atom. The van der Waals surface area contributed by atoms with Crippen LogP contribution in [-0.2, 0) is 9.16 Å². The largest absolute Gasteiger partial charge is 0.408 e. The smallest absolute Gasteiger partial charge is 0.193 e. The SMILES string of the molecule is C=C[C@H](O[Si](C)(C)C(C)(C)C)[C@H](O)COC. The molecule has 0 aromatic heterocycles. The standard InChI is InChI=1S/C12H26O3Si/c1-8-11(10(13)9-14-5)15-16(6,7)12(2,3)4/h8,10-11,13H,1,9H2,2-7H3/t10-,11+/m1/s1. The molecule has 0 aliphatic rings. The van der Waals surface area contributed by atoms with Gasteiger partial charge in [-0.25, -0.2) is 0 Å². The van der Waals surface area contributed by atoms with Gasteiger partial charge in [0.2, 0.25) is 0 Å². The number of ether oxygens (including phenoxy) is 1. The van der Waals surface area contributed by atoms with Crippen molar-refractivity contribution in [1.29, 1.82) is 0 Å². The molecule has 0 heterocycles. The Bertz CT molecular complexity index is 221. The van der Waals surface area contributed by atoms with E-state index in [9.17, 15) is 5.11 Å². The van der Waals surface area contributed by atoms with Gasteiger partial charge in [-0.15, -0.1) is 6.58 Å². The van der Waals surface area contributed by atoms with Crippen molar-refractivity contribution in [2.24, 2.45) is 0 Å². The maximum Gasteiger partial charge on any atom is 0.193 e. The molecule has 0 radical (unpaired) electrons. The van der Waals surface area contributed by atoms with Crippen molar-refractivity contribution < 1.29 is 14.3 Å². The lowest BCUT2D eigenvalue weighted by molar-refractivity contribution is -0.000131. The van der Waals surface area contributed by atoms with Gasteiger partial charge in [0.05, 0.1) is 12.7 Å². The van der Waals surface area contributed by atoms with Crippen LogP contribution in [0.2, 0.25) is 18.1 Å². The molecule has 1 N–H and O–H groups in total. The third-order valence-electron chi connectivity index (χ3n) is 3.19. The van der Waals surface area contributed by atoms with Crippen LogP contribution in [0.5, 0.6) is 0 Å². The molecule has 0 fully saturated rings. The lowest BCUT2D eigenvalue weighted by atomic mass is 10.2. The van der Waals surface area contributed by atoms with Gasteiger partial charge in [-0.3, -0.25) is 0 Å². The molecule has 0 aliphatic carbocycles. The van der Waals surface area contributed by atoms with Crippen molar-refractivity contribution in [3.05, 3.63) is 12.7 Å². The Labute approximate surface area is 101 Å². The first-order valence-electron chi connectivity index (χ1n) is 5.63. The molecule has 0 amide bonds. The van der Waals surface area contributed by atoms with Crippen molar-refractivity contribution in [3.63, 3.8) is 0 Å². The highest BCUT2D eigenvalue weighted by atomic mass is 28.4. The number of hydrogen-bond acceptors (Lipinski definition) is 3. The Morgan fingerprint density at radius 3 is 2.19 bits per heavy atom. The van der Waals surface area contributed by atoms with Crippen LogP contribution in [0.25, 0.3) is 0 Å². The molecule has 96 valence electrons. The van der Waals surface area contributed by atoms with Crippen LogP contribution >= 0.6 is 0 Å². The van der Waals surface area contributed by atoms with E-state index in [1.54, 1.807) is 13.2 Å². The number of aliphatic hydroxyl groups excluding tert-OH is 1. The predicted molar refractivity (Wildman–Crippen MR) is 70.1 cm³/mol. The van der Waals surface area contributed by atoms with Gasteiger partial charge in [-0.2, -0.15) is 0 Å². The molecule has 0 spiro atoms. The van der Waals surface area contributed by atoms with E-state index in [2.05, 4.69) is 40.4 Å². The van der Waals surface area contributed by atoms with Gasteiger partial charge in [0.1, 0.15) is 6.10 Å². The molecule has 0 saturated heterocycles. The highest BCUT2D eigenvalue weighted by Gasteiger charge is 2.39. The molecule has 0 saturated carbocycles. The highest BCUT2D eigenvalue weighted by Crippen LogP contribution is 2.37. The second-order valence-corrected chi connectivity index (χ2v) is 10.4. The molecule has 0 aliphatic heterocycles. The van der Waals surface area contributed by atoms with E-state index in [-0.39, 0.29) is 17.7 Å². The fourth-order valence-electron chi connectivity index (χ4n) is 1.07. The van der Waals surface area contributed by atoms with E-state index in [1.165, 1.54) is 0 Å². The zero-order chi connectivity index (χ0) is 13.0. The first-order valence-corrected chi connectivity index (χ1v) is 8.54. The van der Waals surface area contributed by atoms with E-state index in [1.807, 2.05) is 0 Å². The molecule has 4 heteroatoms. The van der Waals surface area contributed by atoms with E-state index in [0.717, 1.165) is 0 Å². The van der Waals surface area contributed by atoms with Crippen LogP contribution in [0, 0.1) is 0 Å². The Hall–Kier alpha value is -0.163. The zero-order valence-electron chi connectivity index (χ0n) is 11.4. The average molecular weight is 246 g/mol. The predicted octanol–water partition coefficient (Wildman–Crippen LogP) is 2.57. The lowest BCUT2D eigenvalue weighted by Gasteiger charge is -2.39. The molecule has 2 atom stereocenters. The summed E-state index contributed by atoms with van der Waals surface area (Å²) in [4.78, 5) is 0. The van der Waals surface area contributed by atoms with Crippen molar-refractivity contribution in [3.8, 4) is 0 Å². The molecular formula is C12H26O3Si. The Morgan fingerprint density at radius 1 is 1.38 bits per heavy atom. The summed E-state index contributed by atoms with van der Waals surface area (Å²) in [5.74, 6) is 0. The fourth-order valence-corrected chi connectivity index (χ4v) is 2.35. The third-order valence-corrected chi connectivity index (χ3v) is 7.66. The van der Waals surface area contributed by atoms with Gasteiger partial charge >= 0.3 is 0 Å². The van der Waals surface area contributed by atoms with Crippen molar-refractivity contribution in [1.82, 2.24) is 0 Å². The van der Waals surface area contributed by atoms with Crippen LogP contribution < -0.4 is 0 Å². The third kappa shape index (κ3) is 4.37. The average Bonchev–Trinajstić information content (AvgIpc) is 2.12. The van der Waals surface area contributed by atoms with Crippen molar-refractivity contribution in [2.45, 2.75) is 51.1 Å². The maximum absolute atomic E-state index is 9.84. The summed E-state index contributed by atoms with van der Waals surface area (Å²) in [7, 11) is -0.302. The molecule has 16 heavy (non-hydrogen) atoms. The molecule has 0 rings (SSSR count). The minimum absolute atomic E-state index is 0.126. The normalized spacial score (nSPS) is 16.9. The first-order chi connectivity index (χ1) is 7.15. The van der Waals surface area contributed by atoms with Crippen molar-refractivity contribution in [2.75, 3.05) is 13.7 Å². The second kappa shape index (κ2) is 5.96. The molecule has 3 nitrogen and oxygen atoms in total. The topological polar surface area (TPSA) is 38.7 Å². The summed E-state index contributed by atoms with van der Waals surface area (Å²) in [6.45, 7) is 14.8. The summed E-state index contributed by atoms with van der Waals surface area (Å²) >= 11 is 0. The molecule has 0 bridgehead atoms. The molecule has 0 aromatic carbocycles. The van der Waals surface area contributed by atoms with Gasteiger partial charge in [0.15, 0.2) is 8.32 Å². The summed E-state index contributed by atoms with van der Waals surface area (Å²) in [6, 6.07) is 0. The number of aliphatic hydroxyl groups is 1. The zero-order valence-corrected chi connectivity index (χ0v) is 12.4. The molecule has 0 aromatic rings. The van der Waals surface area contributed by atoms with Crippen LogP contribution in [-0.4, -0.2) is 39.3 Å². The summed E-state index contributed by atoms with van der Waals surface area (Å²) in [5, 5.41) is 9.97. The second-order valence-electron chi connectivity index (χ2n) is 5.60. The number of rotatable bonds is 6. The van der Waals surface area contributed by atoms with Gasteiger partial charge < -0.3 is 14.3 Å². The number of methoxy groups -OCH3 is 1. The molecular weight excluding hydrogens is 220 g/mol. The van der Waals surface area contributed by atoms with Crippen molar-refractivity contribution >= 4 is 8.32 Å². The van der Waals surface area contributed by atoms with E-state index >= 15 is 0 Å². The summed E-state index contributed by atoms with van der Waals surface area (Å²) in [5.41, 5.74) is 0. The monoisotopic (exact) mass is 246 g/mol. The van der Waals surface area contributed by atoms with Crippen LogP contribution in [0.3, 0.4) is 0 Å². The summed E-state index contributed by atoms with van der Waals surface area (Å²) < 4.78 is 11.0. The van der Waals surface area contributed by atoms with E-state index in [0.29, 0.717) is 0 Å². The lowest BCUT2D eigenvalue weighted by Crippen LogP contribution is -2.47. The summed E-state index contributed by atoms with van der Waals surface area (Å²) in [6.07, 6.45) is 0.668.